The van der Waals surface area contributed by atoms with Crippen molar-refractivity contribution in [3.63, 3.8) is 0 Å². The average molecular weight is 296 g/mol. The van der Waals surface area contributed by atoms with Crippen LogP contribution in [0.25, 0.3) is 0 Å². The molecule has 2 aromatic carbocycles. The van der Waals surface area contributed by atoms with E-state index in [0.29, 0.717) is 23.5 Å². The van der Waals surface area contributed by atoms with Crippen molar-refractivity contribution >= 4 is 5.97 Å². The molecule has 0 saturated carbocycles. The maximum absolute atomic E-state index is 12.0. The zero-order chi connectivity index (χ0) is 15.9. The third-order valence-corrected chi connectivity index (χ3v) is 3.08. The summed E-state index contributed by atoms with van der Waals surface area (Å²) in [4.78, 5) is 12.0. The molecule has 1 N–H and O–H groups in total. The van der Waals surface area contributed by atoms with Crippen LogP contribution in [0.2, 0.25) is 0 Å². The first-order valence-electron chi connectivity index (χ1n) is 6.71. The minimum Gasteiger partial charge on any atom is -0.497 e. The zero-order valence-corrected chi connectivity index (χ0v) is 12.2. The lowest BCUT2D eigenvalue weighted by molar-refractivity contribution is 0.0734. The summed E-state index contributed by atoms with van der Waals surface area (Å²) in [7, 11) is 1.56. The number of carbonyl (C=O) groups excluding carboxylic acids is 1. The first-order chi connectivity index (χ1) is 10.6. The molecule has 0 amide bonds. The number of methoxy groups -OCH3 is 1. The minimum atomic E-state index is -0.812. The Kier molecular flexibility index (Phi) is 5.18. The van der Waals surface area contributed by atoms with Gasteiger partial charge in [-0.15, -0.1) is 6.42 Å². The van der Waals surface area contributed by atoms with Crippen molar-refractivity contribution in [3.8, 4) is 23.8 Å². The van der Waals surface area contributed by atoms with E-state index >= 15 is 0 Å². The molecule has 0 fully saturated rings. The van der Waals surface area contributed by atoms with Crippen molar-refractivity contribution < 1.29 is 19.4 Å². The molecule has 0 aliphatic rings. The van der Waals surface area contributed by atoms with E-state index < -0.39 is 12.1 Å². The van der Waals surface area contributed by atoms with E-state index in [2.05, 4.69) is 5.92 Å². The lowest BCUT2D eigenvalue weighted by Crippen LogP contribution is -2.09. The second kappa shape index (κ2) is 7.30. The highest BCUT2D eigenvalue weighted by atomic mass is 16.5. The van der Waals surface area contributed by atoms with Gasteiger partial charge in [0.2, 0.25) is 0 Å². The summed E-state index contributed by atoms with van der Waals surface area (Å²) < 4.78 is 10.3. The molecule has 4 nitrogen and oxygen atoms in total. The van der Waals surface area contributed by atoms with Crippen molar-refractivity contribution in [2.75, 3.05) is 7.11 Å². The van der Waals surface area contributed by atoms with Crippen LogP contribution in [0.5, 0.6) is 11.5 Å². The Labute approximate surface area is 129 Å². The predicted molar refractivity (Wildman–Crippen MR) is 82.9 cm³/mol. The molecule has 0 aromatic heterocycles. The van der Waals surface area contributed by atoms with Gasteiger partial charge in [-0.25, -0.2) is 4.79 Å². The SMILES string of the molecule is C#CC(O)Cc1ccc(OC(=O)c2ccc(OC)cc2)cc1. The van der Waals surface area contributed by atoms with E-state index in [1.54, 1.807) is 55.6 Å². The second-order valence-electron chi connectivity index (χ2n) is 4.65. The van der Waals surface area contributed by atoms with Crippen molar-refractivity contribution in [1.29, 1.82) is 0 Å². The fourth-order valence-electron chi connectivity index (χ4n) is 1.87. The van der Waals surface area contributed by atoms with Crippen LogP contribution in [0.15, 0.2) is 48.5 Å². The largest absolute Gasteiger partial charge is 0.497 e. The lowest BCUT2D eigenvalue weighted by atomic mass is 10.1. The highest BCUT2D eigenvalue weighted by molar-refractivity contribution is 5.91. The van der Waals surface area contributed by atoms with E-state index in [-0.39, 0.29) is 0 Å². The normalized spacial score (nSPS) is 11.3. The van der Waals surface area contributed by atoms with Crippen molar-refractivity contribution in [3.05, 3.63) is 59.7 Å². The van der Waals surface area contributed by atoms with Crippen LogP contribution in [0.1, 0.15) is 15.9 Å². The molecule has 2 rings (SSSR count). The number of rotatable bonds is 5. The Hall–Kier alpha value is -2.77. The summed E-state index contributed by atoms with van der Waals surface area (Å²) in [5, 5.41) is 9.39. The Morgan fingerprint density at radius 2 is 1.73 bits per heavy atom. The topological polar surface area (TPSA) is 55.8 Å². The average Bonchev–Trinajstić information content (AvgIpc) is 2.56. The fourth-order valence-corrected chi connectivity index (χ4v) is 1.87. The minimum absolute atomic E-state index is 0.364. The standard InChI is InChI=1S/C18H16O4/c1-3-15(19)12-13-4-8-17(9-5-13)22-18(20)14-6-10-16(21-2)11-7-14/h1,4-11,15,19H,12H2,2H3. The molecular formula is C18H16O4. The van der Waals surface area contributed by atoms with Crippen LogP contribution in [-0.4, -0.2) is 24.3 Å². The van der Waals surface area contributed by atoms with E-state index in [4.69, 9.17) is 15.9 Å². The molecule has 4 heteroatoms. The number of aliphatic hydroxyl groups excluding tert-OH is 1. The van der Waals surface area contributed by atoms with Gasteiger partial charge < -0.3 is 14.6 Å². The molecule has 0 heterocycles. The number of carbonyl (C=O) groups is 1. The van der Waals surface area contributed by atoms with Crippen LogP contribution in [-0.2, 0) is 6.42 Å². The van der Waals surface area contributed by atoms with E-state index in [1.807, 2.05) is 0 Å². The molecule has 0 spiro atoms. The predicted octanol–water partition coefficient (Wildman–Crippen LogP) is 2.45. The van der Waals surface area contributed by atoms with Crippen molar-refractivity contribution in [2.45, 2.75) is 12.5 Å². The van der Waals surface area contributed by atoms with Gasteiger partial charge in [0.15, 0.2) is 0 Å². The van der Waals surface area contributed by atoms with Crippen LogP contribution in [0.4, 0.5) is 0 Å². The van der Waals surface area contributed by atoms with Crippen LogP contribution >= 0.6 is 0 Å². The third kappa shape index (κ3) is 4.11. The Balaban J connectivity index is 2.00. The number of hydrogen-bond acceptors (Lipinski definition) is 4. The van der Waals surface area contributed by atoms with Gasteiger partial charge >= 0.3 is 5.97 Å². The van der Waals surface area contributed by atoms with Crippen molar-refractivity contribution in [2.24, 2.45) is 0 Å². The monoisotopic (exact) mass is 296 g/mol. The highest BCUT2D eigenvalue weighted by Gasteiger charge is 2.09. The lowest BCUT2D eigenvalue weighted by Gasteiger charge is -2.07. The number of aliphatic hydroxyl groups is 1. The summed E-state index contributed by atoms with van der Waals surface area (Å²) in [5.41, 5.74) is 1.31. The number of ether oxygens (including phenoxy) is 2. The number of benzene rings is 2. The molecule has 0 radical (unpaired) electrons. The van der Waals surface area contributed by atoms with Gasteiger partial charge in [0, 0.05) is 6.42 Å². The van der Waals surface area contributed by atoms with E-state index in [1.165, 1.54) is 0 Å². The third-order valence-electron chi connectivity index (χ3n) is 3.08. The maximum atomic E-state index is 12.0. The fraction of sp³-hybridized carbons (Fsp3) is 0.167. The van der Waals surface area contributed by atoms with Gasteiger partial charge in [-0.05, 0) is 42.0 Å². The quantitative estimate of drug-likeness (QED) is 0.523. The number of esters is 1. The summed E-state index contributed by atoms with van der Waals surface area (Å²) in [6.45, 7) is 0. The Morgan fingerprint density at radius 3 is 2.27 bits per heavy atom. The zero-order valence-electron chi connectivity index (χ0n) is 12.2. The molecule has 0 aliphatic carbocycles. The van der Waals surface area contributed by atoms with Gasteiger partial charge in [-0.1, -0.05) is 18.1 Å². The summed E-state index contributed by atoms with van der Waals surface area (Å²) >= 11 is 0. The van der Waals surface area contributed by atoms with Gasteiger partial charge in [-0.2, -0.15) is 0 Å². The van der Waals surface area contributed by atoms with Crippen molar-refractivity contribution in [1.82, 2.24) is 0 Å². The second-order valence-corrected chi connectivity index (χ2v) is 4.65. The molecule has 1 atom stereocenters. The number of hydrogen-bond donors (Lipinski definition) is 1. The van der Waals surface area contributed by atoms with Gasteiger partial charge in [0.1, 0.15) is 17.6 Å². The van der Waals surface area contributed by atoms with E-state index in [0.717, 1.165) is 5.56 Å². The van der Waals surface area contributed by atoms with E-state index in [9.17, 15) is 9.90 Å². The Morgan fingerprint density at radius 1 is 1.14 bits per heavy atom. The molecule has 0 bridgehead atoms. The van der Waals surface area contributed by atoms with Gasteiger partial charge in [-0.3, -0.25) is 0 Å². The molecule has 0 aliphatic heterocycles. The smallest absolute Gasteiger partial charge is 0.343 e. The van der Waals surface area contributed by atoms with Crippen LogP contribution in [0, 0.1) is 12.3 Å². The van der Waals surface area contributed by atoms with Gasteiger partial charge in [0.05, 0.1) is 12.7 Å². The molecule has 2 aromatic rings. The summed E-state index contributed by atoms with van der Waals surface area (Å²) in [6.07, 6.45) is 4.67. The van der Waals surface area contributed by atoms with Crippen LogP contribution in [0.3, 0.4) is 0 Å². The first kappa shape index (κ1) is 15.6. The first-order valence-corrected chi connectivity index (χ1v) is 6.71. The summed E-state index contributed by atoms with van der Waals surface area (Å²) in [5.74, 6) is 2.91. The Bertz CT molecular complexity index is 666. The maximum Gasteiger partial charge on any atom is 0.343 e. The molecule has 22 heavy (non-hydrogen) atoms. The van der Waals surface area contributed by atoms with Crippen LogP contribution < -0.4 is 9.47 Å². The molecular weight excluding hydrogens is 280 g/mol. The molecule has 0 saturated heterocycles. The molecule has 1 unspecified atom stereocenters. The van der Waals surface area contributed by atoms with Gasteiger partial charge in [0.25, 0.3) is 0 Å². The summed E-state index contributed by atoms with van der Waals surface area (Å²) in [6, 6.07) is 13.5. The highest BCUT2D eigenvalue weighted by Crippen LogP contribution is 2.17. The molecule has 112 valence electrons. The number of terminal acetylenes is 1.